The van der Waals surface area contributed by atoms with Gasteiger partial charge in [-0.2, -0.15) is 0 Å². The number of nitrogens with one attached hydrogen (secondary N) is 1. The Hall–Kier alpha value is -3.20. The molecule has 2 heterocycles. The number of nitrogens with zero attached hydrogens (tertiary/aromatic N) is 3. The van der Waals surface area contributed by atoms with Crippen molar-refractivity contribution in [3.63, 3.8) is 0 Å². The van der Waals surface area contributed by atoms with Crippen molar-refractivity contribution in [2.75, 3.05) is 37.0 Å². The van der Waals surface area contributed by atoms with Crippen LogP contribution in [0.4, 0.5) is 11.6 Å². The molecule has 9 heteroatoms. The number of methoxy groups -OCH3 is 1. The lowest BCUT2D eigenvalue weighted by atomic mass is 10.2. The third-order valence-corrected chi connectivity index (χ3v) is 4.72. The monoisotopic (exact) mass is 414 g/mol. The van der Waals surface area contributed by atoms with Gasteiger partial charge in [-0.25, -0.2) is 9.78 Å². The number of carbonyl (C=O) groups excluding carboxylic acids is 2. The summed E-state index contributed by atoms with van der Waals surface area (Å²) >= 11 is 0. The Morgan fingerprint density at radius 1 is 1.20 bits per heavy atom. The van der Waals surface area contributed by atoms with E-state index in [1.165, 1.54) is 17.7 Å². The summed E-state index contributed by atoms with van der Waals surface area (Å²) in [7, 11) is 1.54. The molecule has 0 saturated carbocycles. The van der Waals surface area contributed by atoms with Crippen molar-refractivity contribution in [1.82, 2.24) is 9.55 Å². The normalized spacial score (nSPS) is 13.3. The summed E-state index contributed by atoms with van der Waals surface area (Å²) < 4.78 is 11.5. The van der Waals surface area contributed by atoms with Crippen LogP contribution in [0.1, 0.15) is 35.8 Å². The van der Waals surface area contributed by atoms with Crippen LogP contribution in [-0.4, -0.2) is 48.2 Å². The largest absolute Gasteiger partial charge is 0.462 e. The van der Waals surface area contributed by atoms with Gasteiger partial charge in [-0.15, -0.1) is 0 Å². The molecule has 1 aromatic carbocycles. The van der Waals surface area contributed by atoms with Gasteiger partial charge in [-0.05, 0) is 31.9 Å². The Bertz CT molecular complexity index is 966. The zero-order valence-electron chi connectivity index (χ0n) is 17.2. The van der Waals surface area contributed by atoms with Crippen LogP contribution in [0.15, 0.2) is 35.1 Å². The fourth-order valence-corrected chi connectivity index (χ4v) is 3.38. The zero-order valence-corrected chi connectivity index (χ0v) is 17.2. The first kappa shape index (κ1) is 21.5. The molecule has 1 amide bonds. The molecule has 9 nitrogen and oxygen atoms in total. The van der Waals surface area contributed by atoms with Gasteiger partial charge in [0, 0.05) is 26.3 Å². The highest BCUT2D eigenvalue weighted by Crippen LogP contribution is 2.19. The quantitative estimate of drug-likeness (QED) is 0.657. The smallest absolute Gasteiger partial charge is 0.340 e. The minimum Gasteiger partial charge on any atom is -0.462 e. The van der Waals surface area contributed by atoms with Gasteiger partial charge in [-0.1, -0.05) is 12.1 Å². The van der Waals surface area contributed by atoms with Gasteiger partial charge in [0.05, 0.1) is 30.2 Å². The first-order valence-electron chi connectivity index (χ1n) is 9.94. The molecule has 0 bridgehead atoms. The van der Waals surface area contributed by atoms with Crippen LogP contribution < -0.4 is 15.8 Å². The highest BCUT2D eigenvalue weighted by Gasteiger charge is 2.21. The van der Waals surface area contributed by atoms with Crippen molar-refractivity contribution in [3.8, 4) is 0 Å². The van der Waals surface area contributed by atoms with E-state index in [1.807, 2.05) is 4.90 Å². The molecule has 0 atom stereocenters. The molecule has 1 fully saturated rings. The maximum Gasteiger partial charge on any atom is 0.340 e. The van der Waals surface area contributed by atoms with Crippen molar-refractivity contribution in [2.24, 2.45) is 0 Å². The molecule has 1 N–H and O–H groups in total. The third-order valence-electron chi connectivity index (χ3n) is 4.72. The molecule has 30 heavy (non-hydrogen) atoms. The second kappa shape index (κ2) is 10.0. The maximum absolute atomic E-state index is 12.8. The molecular weight excluding hydrogens is 388 g/mol. The van der Waals surface area contributed by atoms with E-state index in [-0.39, 0.29) is 30.9 Å². The van der Waals surface area contributed by atoms with Crippen molar-refractivity contribution in [2.45, 2.75) is 32.9 Å². The number of rotatable bonds is 8. The van der Waals surface area contributed by atoms with E-state index in [0.29, 0.717) is 17.3 Å². The minimum absolute atomic E-state index is 0.218. The van der Waals surface area contributed by atoms with E-state index in [1.54, 1.807) is 31.2 Å². The minimum atomic E-state index is -0.520. The van der Waals surface area contributed by atoms with Gasteiger partial charge in [0.2, 0.25) is 11.9 Å². The Morgan fingerprint density at radius 3 is 2.63 bits per heavy atom. The van der Waals surface area contributed by atoms with E-state index < -0.39 is 11.9 Å². The Morgan fingerprint density at radius 2 is 1.93 bits per heavy atom. The lowest BCUT2D eigenvalue weighted by Crippen LogP contribution is -2.35. The van der Waals surface area contributed by atoms with Crippen LogP contribution in [0.3, 0.4) is 0 Å². The molecule has 3 rings (SSSR count). The van der Waals surface area contributed by atoms with Crippen LogP contribution in [0, 0.1) is 0 Å². The number of anilines is 2. The van der Waals surface area contributed by atoms with Crippen LogP contribution in [0.2, 0.25) is 0 Å². The summed E-state index contributed by atoms with van der Waals surface area (Å²) in [5.74, 6) is -0.495. The molecule has 0 spiro atoms. The molecule has 1 saturated heterocycles. The number of benzene rings is 1. The van der Waals surface area contributed by atoms with E-state index in [4.69, 9.17) is 9.47 Å². The van der Waals surface area contributed by atoms with Crippen molar-refractivity contribution in [1.29, 1.82) is 0 Å². The number of esters is 1. The number of carbonyl (C=O) groups is 2. The lowest BCUT2D eigenvalue weighted by molar-refractivity contribution is -0.116. The Labute approximate surface area is 174 Å². The lowest BCUT2D eigenvalue weighted by Gasteiger charge is -2.22. The number of hydrogen-bond donors (Lipinski definition) is 1. The highest BCUT2D eigenvalue weighted by atomic mass is 16.5. The molecule has 2 aromatic rings. The predicted octanol–water partition coefficient (Wildman–Crippen LogP) is 1.81. The van der Waals surface area contributed by atoms with E-state index in [2.05, 4.69) is 10.3 Å². The van der Waals surface area contributed by atoms with Gasteiger partial charge < -0.3 is 19.7 Å². The topological polar surface area (TPSA) is 103 Å². The summed E-state index contributed by atoms with van der Waals surface area (Å²) in [6, 6.07) is 7.98. The van der Waals surface area contributed by atoms with Crippen LogP contribution in [-0.2, 0) is 27.4 Å². The number of hydrogen-bond acceptors (Lipinski definition) is 7. The van der Waals surface area contributed by atoms with Gasteiger partial charge in [0.15, 0.2) is 0 Å². The van der Waals surface area contributed by atoms with Crippen molar-refractivity contribution < 1.29 is 19.1 Å². The molecule has 1 aliphatic heterocycles. The first-order chi connectivity index (χ1) is 14.5. The van der Waals surface area contributed by atoms with Crippen LogP contribution >= 0.6 is 0 Å². The summed E-state index contributed by atoms with van der Waals surface area (Å²) in [6.07, 6.45) is 2.01. The van der Waals surface area contributed by atoms with Crippen molar-refractivity contribution >= 4 is 23.5 Å². The number of amides is 1. The molecular formula is C21H26N4O5. The number of aromatic nitrogens is 2. The van der Waals surface area contributed by atoms with Gasteiger partial charge in [-0.3, -0.25) is 14.2 Å². The highest BCUT2D eigenvalue weighted by molar-refractivity contribution is 6.01. The predicted molar refractivity (Wildman–Crippen MR) is 112 cm³/mol. The third kappa shape index (κ3) is 5.04. The van der Waals surface area contributed by atoms with Gasteiger partial charge >= 0.3 is 5.97 Å². The summed E-state index contributed by atoms with van der Waals surface area (Å²) in [5.41, 5.74) is 0.788. The maximum atomic E-state index is 12.8. The summed E-state index contributed by atoms with van der Waals surface area (Å²) in [5, 5.41) is 2.71. The van der Waals surface area contributed by atoms with Crippen LogP contribution in [0.25, 0.3) is 0 Å². The zero-order chi connectivity index (χ0) is 21.5. The average molecular weight is 414 g/mol. The summed E-state index contributed by atoms with van der Waals surface area (Å²) in [4.78, 5) is 44.2. The van der Waals surface area contributed by atoms with Gasteiger partial charge in [0.1, 0.15) is 6.54 Å². The molecule has 0 radical (unpaired) electrons. The standard InChI is InChI=1S/C21H26N4O5/c1-3-30-20(28)16-8-4-5-9-17(16)23-18(26)13-25-19(27)12-15(14-29-2)22-21(25)24-10-6-7-11-24/h4-5,8-9,12H,3,6-7,10-11,13-14H2,1-2H3,(H,23,26). The molecule has 0 aliphatic carbocycles. The van der Waals surface area contributed by atoms with Crippen molar-refractivity contribution in [3.05, 3.63) is 51.9 Å². The average Bonchev–Trinajstić information content (AvgIpc) is 3.25. The fourth-order valence-electron chi connectivity index (χ4n) is 3.38. The van der Waals surface area contributed by atoms with Gasteiger partial charge in [0.25, 0.3) is 5.56 Å². The first-order valence-corrected chi connectivity index (χ1v) is 9.94. The summed E-state index contributed by atoms with van der Waals surface area (Å²) in [6.45, 7) is 3.49. The molecule has 160 valence electrons. The number of ether oxygens (including phenoxy) is 2. The molecule has 1 aromatic heterocycles. The second-order valence-electron chi connectivity index (χ2n) is 6.91. The van der Waals surface area contributed by atoms with E-state index >= 15 is 0 Å². The number of para-hydroxylation sites is 1. The van der Waals surface area contributed by atoms with E-state index in [9.17, 15) is 14.4 Å². The fraction of sp³-hybridized carbons (Fsp3) is 0.429. The van der Waals surface area contributed by atoms with Crippen LogP contribution in [0.5, 0.6) is 0 Å². The van der Waals surface area contributed by atoms with E-state index in [0.717, 1.165) is 25.9 Å². The SMILES string of the molecule is CCOC(=O)c1ccccc1NC(=O)Cn1c(N2CCCC2)nc(COC)cc1=O. The molecule has 0 unspecified atom stereocenters. The Balaban J connectivity index is 1.85. The second-order valence-corrected chi connectivity index (χ2v) is 6.91. The Kier molecular flexibility index (Phi) is 7.18. The molecule has 1 aliphatic rings.